The summed E-state index contributed by atoms with van der Waals surface area (Å²) >= 11 is 0. The Morgan fingerprint density at radius 3 is 2.29 bits per heavy atom. The van der Waals surface area contributed by atoms with Crippen molar-refractivity contribution in [2.75, 3.05) is 0 Å². The number of ether oxygens (including phenoxy) is 2. The van der Waals surface area contributed by atoms with Crippen molar-refractivity contribution >= 4 is 17.7 Å². The van der Waals surface area contributed by atoms with Crippen molar-refractivity contribution in [3.05, 3.63) is 11.6 Å². The van der Waals surface area contributed by atoms with Crippen molar-refractivity contribution in [3.8, 4) is 0 Å². The molecule has 0 aromatic carbocycles. The lowest BCUT2D eigenvalue weighted by Crippen LogP contribution is -2.66. The highest BCUT2D eigenvalue weighted by molar-refractivity contribution is 5.80. The number of ketones is 1. The minimum absolute atomic E-state index is 0.0210. The van der Waals surface area contributed by atoms with Crippen LogP contribution >= 0.6 is 0 Å². The Morgan fingerprint density at radius 2 is 1.68 bits per heavy atom. The van der Waals surface area contributed by atoms with Gasteiger partial charge < -0.3 is 14.6 Å². The van der Waals surface area contributed by atoms with Gasteiger partial charge in [0.25, 0.3) is 0 Å². The average molecular weight is 433 g/mol. The molecule has 3 fully saturated rings. The molecule has 3 saturated carbocycles. The molecule has 4 aliphatic carbocycles. The largest absolute Gasteiger partial charge is 0.462 e. The molecular weight excluding hydrogens is 396 g/mol. The van der Waals surface area contributed by atoms with Crippen LogP contribution in [0.25, 0.3) is 0 Å². The number of hydrogen-bond donors (Lipinski definition) is 1. The fourth-order valence-corrected chi connectivity index (χ4v) is 7.90. The van der Waals surface area contributed by atoms with Crippen LogP contribution in [-0.2, 0) is 23.9 Å². The first-order chi connectivity index (χ1) is 14.4. The quantitative estimate of drug-likeness (QED) is 0.540. The van der Waals surface area contributed by atoms with E-state index in [1.807, 2.05) is 6.92 Å². The molecule has 8 atom stereocenters. The second kappa shape index (κ2) is 7.43. The third-order valence-corrected chi connectivity index (χ3v) is 9.44. The van der Waals surface area contributed by atoms with E-state index in [1.165, 1.54) is 19.4 Å². The Bertz CT molecular complexity index is 832. The van der Waals surface area contributed by atoms with Crippen LogP contribution in [0.1, 0.15) is 79.6 Å². The standard InChI is InChI=1S/C25H36O6/c1-14(26)19-9-11-25(29)20-7-6-17-12-18(30-15(2)27)8-10-23(17,4)21(20)13-22(24(19,25)5)31-16(3)28/h6,18-22,29H,7-13H2,1-5H3. The maximum absolute atomic E-state index is 12.6. The van der Waals surface area contributed by atoms with Gasteiger partial charge in [0.15, 0.2) is 0 Å². The molecule has 0 heterocycles. The lowest BCUT2D eigenvalue weighted by atomic mass is 9.45. The van der Waals surface area contributed by atoms with Crippen LogP contribution in [0.15, 0.2) is 11.6 Å². The monoisotopic (exact) mass is 432 g/mol. The van der Waals surface area contributed by atoms with Gasteiger partial charge in [-0.2, -0.15) is 0 Å². The molecular formula is C25H36O6. The topological polar surface area (TPSA) is 89.9 Å². The predicted octanol–water partition coefficient (Wildman–Crippen LogP) is 3.74. The van der Waals surface area contributed by atoms with Gasteiger partial charge in [0.05, 0.1) is 5.60 Å². The first-order valence-corrected chi connectivity index (χ1v) is 11.7. The first kappa shape index (κ1) is 22.5. The molecule has 0 spiro atoms. The lowest BCUT2D eigenvalue weighted by Gasteiger charge is -2.62. The molecule has 0 aliphatic heterocycles. The number of Topliss-reactive ketones (excluding diaryl/α,β-unsaturated/α-hetero) is 1. The molecule has 172 valence electrons. The van der Waals surface area contributed by atoms with E-state index in [0.717, 1.165) is 25.7 Å². The molecule has 8 unspecified atom stereocenters. The zero-order valence-corrected chi connectivity index (χ0v) is 19.4. The van der Waals surface area contributed by atoms with Crippen LogP contribution in [0.2, 0.25) is 0 Å². The number of hydrogen-bond acceptors (Lipinski definition) is 6. The fraction of sp³-hybridized carbons (Fsp3) is 0.800. The number of rotatable bonds is 3. The van der Waals surface area contributed by atoms with Crippen molar-refractivity contribution in [2.24, 2.45) is 28.6 Å². The third-order valence-electron chi connectivity index (χ3n) is 9.44. The molecule has 0 aromatic rings. The molecule has 0 radical (unpaired) electrons. The van der Waals surface area contributed by atoms with E-state index in [2.05, 4.69) is 13.0 Å². The molecule has 0 bridgehead atoms. The van der Waals surface area contributed by atoms with Crippen LogP contribution in [0, 0.1) is 28.6 Å². The van der Waals surface area contributed by atoms with Crippen molar-refractivity contribution in [2.45, 2.75) is 97.4 Å². The number of aliphatic hydroxyl groups is 1. The summed E-state index contributed by atoms with van der Waals surface area (Å²) in [5.41, 5.74) is -0.670. The van der Waals surface area contributed by atoms with Gasteiger partial charge in [-0.3, -0.25) is 14.4 Å². The van der Waals surface area contributed by atoms with Crippen LogP contribution in [0.5, 0.6) is 0 Å². The summed E-state index contributed by atoms with van der Waals surface area (Å²) in [5, 5.41) is 12.2. The smallest absolute Gasteiger partial charge is 0.302 e. The Kier molecular flexibility index (Phi) is 5.39. The van der Waals surface area contributed by atoms with Gasteiger partial charge in [0.1, 0.15) is 18.0 Å². The predicted molar refractivity (Wildman–Crippen MR) is 114 cm³/mol. The SMILES string of the molecule is CC(=O)OC1CCC2(C)C(=CCC3C2CC(OC(C)=O)C2(C)C(C(C)=O)CCC32O)C1. The summed E-state index contributed by atoms with van der Waals surface area (Å²) in [6.07, 6.45) is 6.64. The van der Waals surface area contributed by atoms with Crippen molar-refractivity contribution < 1.29 is 29.0 Å². The van der Waals surface area contributed by atoms with Gasteiger partial charge in [-0.15, -0.1) is 0 Å². The zero-order valence-electron chi connectivity index (χ0n) is 19.4. The Balaban J connectivity index is 1.73. The normalized spacial score (nSPS) is 46.1. The highest BCUT2D eigenvalue weighted by Crippen LogP contribution is 2.68. The highest BCUT2D eigenvalue weighted by Gasteiger charge is 2.71. The Hall–Kier alpha value is -1.69. The average Bonchev–Trinajstić information content (AvgIpc) is 2.95. The Morgan fingerprint density at radius 1 is 1.00 bits per heavy atom. The van der Waals surface area contributed by atoms with E-state index in [-0.39, 0.29) is 47.0 Å². The molecule has 4 aliphatic rings. The van der Waals surface area contributed by atoms with E-state index < -0.39 is 17.1 Å². The number of fused-ring (bicyclic) bond motifs is 5. The van der Waals surface area contributed by atoms with Gasteiger partial charge in [-0.05, 0) is 62.7 Å². The molecule has 0 amide bonds. The van der Waals surface area contributed by atoms with E-state index in [1.54, 1.807) is 6.92 Å². The molecule has 0 aromatic heterocycles. The number of carbonyl (C=O) groups is 3. The van der Waals surface area contributed by atoms with Gasteiger partial charge in [0.2, 0.25) is 0 Å². The highest BCUT2D eigenvalue weighted by atomic mass is 16.5. The van der Waals surface area contributed by atoms with E-state index >= 15 is 0 Å². The molecule has 1 N–H and O–H groups in total. The minimum Gasteiger partial charge on any atom is -0.462 e. The fourth-order valence-electron chi connectivity index (χ4n) is 7.90. The minimum atomic E-state index is -1.05. The van der Waals surface area contributed by atoms with Crippen molar-refractivity contribution in [1.82, 2.24) is 0 Å². The second-order valence-corrected chi connectivity index (χ2v) is 10.8. The molecule has 0 saturated heterocycles. The van der Waals surface area contributed by atoms with Crippen LogP contribution in [-0.4, -0.2) is 40.6 Å². The van der Waals surface area contributed by atoms with Crippen LogP contribution in [0.3, 0.4) is 0 Å². The summed E-state index contributed by atoms with van der Waals surface area (Å²) in [7, 11) is 0. The third kappa shape index (κ3) is 3.20. The summed E-state index contributed by atoms with van der Waals surface area (Å²) in [6, 6.07) is 0. The summed E-state index contributed by atoms with van der Waals surface area (Å²) in [5.74, 6) is -0.681. The summed E-state index contributed by atoms with van der Waals surface area (Å²) in [4.78, 5) is 36.1. The summed E-state index contributed by atoms with van der Waals surface area (Å²) in [6.45, 7) is 8.67. The number of carbonyl (C=O) groups excluding carboxylic acids is 3. The van der Waals surface area contributed by atoms with E-state index in [4.69, 9.17) is 9.47 Å². The van der Waals surface area contributed by atoms with Gasteiger partial charge in [-0.1, -0.05) is 25.5 Å². The van der Waals surface area contributed by atoms with E-state index in [0.29, 0.717) is 19.3 Å². The molecule has 4 rings (SSSR count). The lowest BCUT2D eigenvalue weighted by molar-refractivity contribution is -0.233. The maximum atomic E-state index is 12.6. The van der Waals surface area contributed by atoms with Crippen LogP contribution in [0.4, 0.5) is 0 Å². The maximum Gasteiger partial charge on any atom is 0.302 e. The molecule has 6 heteroatoms. The van der Waals surface area contributed by atoms with Gasteiger partial charge in [-0.25, -0.2) is 0 Å². The Labute approximate surface area is 184 Å². The zero-order chi connectivity index (χ0) is 22.8. The number of esters is 2. The first-order valence-electron chi connectivity index (χ1n) is 11.7. The van der Waals surface area contributed by atoms with Crippen LogP contribution < -0.4 is 0 Å². The molecule has 31 heavy (non-hydrogen) atoms. The van der Waals surface area contributed by atoms with Crippen molar-refractivity contribution in [1.29, 1.82) is 0 Å². The van der Waals surface area contributed by atoms with Gasteiger partial charge >= 0.3 is 11.9 Å². The summed E-state index contributed by atoms with van der Waals surface area (Å²) < 4.78 is 11.4. The van der Waals surface area contributed by atoms with E-state index in [9.17, 15) is 19.5 Å². The second-order valence-electron chi connectivity index (χ2n) is 10.8. The van der Waals surface area contributed by atoms with Crippen molar-refractivity contribution in [3.63, 3.8) is 0 Å². The van der Waals surface area contributed by atoms with Gasteiger partial charge in [0, 0.05) is 31.6 Å². The number of allylic oxidation sites excluding steroid dienone is 1. The molecule has 6 nitrogen and oxygen atoms in total.